The lowest BCUT2D eigenvalue weighted by atomic mass is 10.0. The molecular formula is C13H27NO2. The van der Waals surface area contributed by atoms with Gasteiger partial charge in [-0.05, 0) is 46.1 Å². The average molecular weight is 229 g/mol. The van der Waals surface area contributed by atoms with E-state index >= 15 is 0 Å². The van der Waals surface area contributed by atoms with E-state index in [2.05, 4.69) is 26.1 Å². The highest BCUT2D eigenvalue weighted by Crippen LogP contribution is 2.12. The number of carbonyl (C=O) groups excluding carboxylic acids is 1. The molecule has 0 unspecified atom stereocenters. The molecule has 1 atom stereocenters. The molecule has 0 saturated heterocycles. The zero-order valence-electron chi connectivity index (χ0n) is 11.6. The molecule has 0 saturated carbocycles. The third kappa shape index (κ3) is 7.69. The van der Waals surface area contributed by atoms with E-state index in [4.69, 9.17) is 4.74 Å². The van der Waals surface area contributed by atoms with Crippen LogP contribution < -0.4 is 5.32 Å². The van der Waals surface area contributed by atoms with E-state index in [9.17, 15) is 4.79 Å². The second-order valence-electron chi connectivity index (χ2n) is 5.67. The Morgan fingerprint density at radius 3 is 2.25 bits per heavy atom. The minimum absolute atomic E-state index is 0.130. The van der Waals surface area contributed by atoms with Gasteiger partial charge in [0.15, 0.2) is 0 Å². The number of esters is 1. The van der Waals surface area contributed by atoms with Gasteiger partial charge < -0.3 is 10.1 Å². The first-order valence-electron chi connectivity index (χ1n) is 6.22. The predicted octanol–water partition coefficient (Wildman–Crippen LogP) is 2.74. The molecule has 0 aromatic carbocycles. The van der Waals surface area contributed by atoms with Crippen LogP contribution in [0.1, 0.15) is 54.4 Å². The minimum atomic E-state index is -0.403. The molecule has 0 aromatic heterocycles. The average Bonchev–Trinajstić information content (AvgIpc) is 2.08. The van der Waals surface area contributed by atoms with E-state index in [1.165, 1.54) is 0 Å². The van der Waals surface area contributed by atoms with Gasteiger partial charge >= 0.3 is 5.97 Å². The van der Waals surface area contributed by atoms with E-state index in [-0.39, 0.29) is 12.0 Å². The van der Waals surface area contributed by atoms with E-state index in [0.29, 0.717) is 5.92 Å². The zero-order valence-corrected chi connectivity index (χ0v) is 11.6. The number of carbonyl (C=O) groups is 1. The second kappa shape index (κ2) is 6.89. The van der Waals surface area contributed by atoms with Crippen molar-refractivity contribution in [3.63, 3.8) is 0 Å². The quantitative estimate of drug-likeness (QED) is 0.712. The van der Waals surface area contributed by atoms with Crippen molar-refractivity contribution < 1.29 is 9.53 Å². The number of nitrogens with one attached hydrogen (secondary N) is 1. The Kier molecular flexibility index (Phi) is 6.65. The lowest BCUT2D eigenvalue weighted by Gasteiger charge is -2.25. The second-order valence-corrected chi connectivity index (χ2v) is 5.67. The molecule has 0 aliphatic rings. The van der Waals surface area contributed by atoms with Crippen molar-refractivity contribution in [2.75, 3.05) is 6.54 Å². The van der Waals surface area contributed by atoms with Gasteiger partial charge in [-0.25, -0.2) is 0 Å². The summed E-state index contributed by atoms with van der Waals surface area (Å²) in [7, 11) is 0. The summed E-state index contributed by atoms with van der Waals surface area (Å²) < 4.78 is 5.40. The molecular weight excluding hydrogens is 202 g/mol. The molecule has 16 heavy (non-hydrogen) atoms. The molecule has 0 spiro atoms. The first-order valence-corrected chi connectivity index (χ1v) is 6.22. The molecule has 0 radical (unpaired) electrons. The van der Waals surface area contributed by atoms with Crippen LogP contribution in [0.15, 0.2) is 0 Å². The van der Waals surface area contributed by atoms with Gasteiger partial charge in [0.1, 0.15) is 11.6 Å². The van der Waals surface area contributed by atoms with Gasteiger partial charge in [-0.1, -0.05) is 20.8 Å². The van der Waals surface area contributed by atoms with Gasteiger partial charge in [0.05, 0.1) is 0 Å². The lowest BCUT2D eigenvalue weighted by molar-refractivity contribution is -0.157. The molecule has 0 aliphatic heterocycles. The largest absolute Gasteiger partial charge is 0.459 e. The highest BCUT2D eigenvalue weighted by molar-refractivity contribution is 5.76. The van der Waals surface area contributed by atoms with Crippen LogP contribution in [0.4, 0.5) is 0 Å². The van der Waals surface area contributed by atoms with Crippen molar-refractivity contribution in [3.8, 4) is 0 Å². The van der Waals surface area contributed by atoms with Crippen LogP contribution in [0.3, 0.4) is 0 Å². The summed E-state index contributed by atoms with van der Waals surface area (Å²) in [6, 6.07) is -0.167. The maximum atomic E-state index is 11.9. The molecule has 0 heterocycles. The van der Waals surface area contributed by atoms with Gasteiger partial charge in [-0.15, -0.1) is 0 Å². The maximum Gasteiger partial charge on any atom is 0.323 e. The molecule has 96 valence electrons. The fourth-order valence-corrected chi connectivity index (χ4v) is 1.43. The Morgan fingerprint density at radius 2 is 1.88 bits per heavy atom. The van der Waals surface area contributed by atoms with Gasteiger partial charge in [0.2, 0.25) is 0 Å². The predicted molar refractivity (Wildman–Crippen MR) is 67.4 cm³/mol. The SMILES string of the molecule is CCCN[C@@H](CC(C)C)C(=O)OC(C)(C)C. The van der Waals surface area contributed by atoms with Crippen LogP contribution in [0.5, 0.6) is 0 Å². The summed E-state index contributed by atoms with van der Waals surface area (Å²) in [4.78, 5) is 11.9. The summed E-state index contributed by atoms with van der Waals surface area (Å²) in [5.74, 6) is 0.358. The monoisotopic (exact) mass is 229 g/mol. The van der Waals surface area contributed by atoms with Gasteiger partial charge in [0.25, 0.3) is 0 Å². The van der Waals surface area contributed by atoms with Crippen molar-refractivity contribution in [1.29, 1.82) is 0 Å². The van der Waals surface area contributed by atoms with Crippen LogP contribution in [0.25, 0.3) is 0 Å². The molecule has 0 rings (SSSR count). The number of hydrogen-bond acceptors (Lipinski definition) is 3. The zero-order chi connectivity index (χ0) is 12.8. The van der Waals surface area contributed by atoms with Crippen molar-refractivity contribution >= 4 is 5.97 Å². The van der Waals surface area contributed by atoms with Crippen molar-refractivity contribution in [1.82, 2.24) is 5.32 Å². The van der Waals surface area contributed by atoms with Crippen molar-refractivity contribution in [3.05, 3.63) is 0 Å². The van der Waals surface area contributed by atoms with Gasteiger partial charge in [-0.2, -0.15) is 0 Å². The van der Waals surface area contributed by atoms with E-state index in [0.717, 1.165) is 19.4 Å². The van der Waals surface area contributed by atoms with Gasteiger partial charge in [0, 0.05) is 0 Å². The van der Waals surface area contributed by atoms with E-state index in [1.54, 1.807) is 0 Å². The third-order valence-electron chi connectivity index (χ3n) is 2.04. The van der Waals surface area contributed by atoms with Crippen LogP contribution in [-0.4, -0.2) is 24.2 Å². The van der Waals surface area contributed by atoms with Crippen molar-refractivity contribution in [2.45, 2.75) is 66.0 Å². The van der Waals surface area contributed by atoms with E-state index in [1.807, 2.05) is 20.8 Å². The van der Waals surface area contributed by atoms with Gasteiger partial charge in [-0.3, -0.25) is 4.79 Å². The number of hydrogen-bond donors (Lipinski definition) is 1. The Bertz CT molecular complexity index is 206. The summed E-state index contributed by atoms with van der Waals surface area (Å²) in [5, 5.41) is 3.25. The van der Waals surface area contributed by atoms with Crippen molar-refractivity contribution in [2.24, 2.45) is 5.92 Å². The summed E-state index contributed by atoms with van der Waals surface area (Å²) in [6.45, 7) is 12.9. The minimum Gasteiger partial charge on any atom is -0.459 e. The standard InChI is InChI=1S/C13H27NO2/c1-7-8-14-11(9-10(2)3)12(15)16-13(4,5)6/h10-11,14H,7-9H2,1-6H3/t11-/m0/s1. The molecule has 0 aromatic rings. The number of ether oxygens (including phenoxy) is 1. The Balaban J connectivity index is 4.31. The normalized spacial score (nSPS) is 13.9. The summed E-state index contributed by atoms with van der Waals surface area (Å²) >= 11 is 0. The summed E-state index contributed by atoms with van der Waals surface area (Å²) in [5.41, 5.74) is -0.403. The van der Waals surface area contributed by atoms with Crippen LogP contribution >= 0.6 is 0 Å². The fourth-order valence-electron chi connectivity index (χ4n) is 1.43. The highest BCUT2D eigenvalue weighted by atomic mass is 16.6. The van der Waals surface area contributed by atoms with Crippen LogP contribution in [0, 0.1) is 5.92 Å². The smallest absolute Gasteiger partial charge is 0.323 e. The van der Waals surface area contributed by atoms with Crippen LogP contribution in [0.2, 0.25) is 0 Å². The Labute approximate surface area is 99.9 Å². The first-order chi connectivity index (χ1) is 7.26. The molecule has 0 fully saturated rings. The highest BCUT2D eigenvalue weighted by Gasteiger charge is 2.25. The first kappa shape index (κ1) is 15.4. The molecule has 0 aliphatic carbocycles. The maximum absolute atomic E-state index is 11.9. The molecule has 0 amide bonds. The molecule has 0 bridgehead atoms. The summed E-state index contributed by atoms with van der Waals surface area (Å²) in [6.07, 6.45) is 1.85. The van der Waals surface area contributed by atoms with E-state index < -0.39 is 5.60 Å². The number of rotatable bonds is 6. The topological polar surface area (TPSA) is 38.3 Å². The Morgan fingerprint density at radius 1 is 1.31 bits per heavy atom. The molecule has 1 N–H and O–H groups in total. The van der Waals surface area contributed by atoms with Crippen LogP contribution in [-0.2, 0) is 9.53 Å². The lowest BCUT2D eigenvalue weighted by Crippen LogP contribution is -2.42. The molecule has 3 heteroatoms. The molecule has 3 nitrogen and oxygen atoms in total. The third-order valence-corrected chi connectivity index (χ3v) is 2.04. The fraction of sp³-hybridized carbons (Fsp3) is 0.923. The Hall–Kier alpha value is -0.570.